The number of nitrogens with zero attached hydrogens (tertiary/aromatic N) is 1. The van der Waals surface area contributed by atoms with Crippen LogP contribution in [0.1, 0.15) is 104 Å². The molecule has 4 aliphatic rings. The van der Waals surface area contributed by atoms with Gasteiger partial charge in [0, 0.05) is 11.1 Å². The average molecular weight is 522 g/mol. The number of aromatic nitrogens is 1. The Labute approximate surface area is 237 Å². The summed E-state index contributed by atoms with van der Waals surface area (Å²) in [6.07, 6.45) is 15.6. The van der Waals surface area contributed by atoms with E-state index in [0.29, 0.717) is 10.8 Å². The van der Waals surface area contributed by atoms with Crippen molar-refractivity contribution in [1.29, 1.82) is 0 Å². The Bertz CT molecular complexity index is 1370. The minimum atomic E-state index is 0.449. The van der Waals surface area contributed by atoms with Crippen molar-refractivity contribution in [3.05, 3.63) is 53.7 Å². The lowest BCUT2D eigenvalue weighted by molar-refractivity contribution is -0.103. The Morgan fingerprint density at radius 2 is 1.59 bits per heavy atom. The lowest BCUT2D eigenvalue weighted by Crippen LogP contribution is -2.54. The first-order valence-electron chi connectivity index (χ1n) is 16.6. The van der Waals surface area contributed by atoms with E-state index in [9.17, 15) is 0 Å². The largest absolute Gasteiger partial charge is 0.253 e. The van der Waals surface area contributed by atoms with Crippen molar-refractivity contribution in [2.75, 3.05) is 0 Å². The van der Waals surface area contributed by atoms with Gasteiger partial charge in [-0.1, -0.05) is 78.1 Å². The number of fused-ring (bicyclic) bond motifs is 8. The smallest absolute Gasteiger partial charge is 0.0711 e. The Morgan fingerprint density at radius 1 is 0.821 bits per heavy atom. The minimum absolute atomic E-state index is 0.449. The number of rotatable bonds is 5. The zero-order chi connectivity index (χ0) is 26.9. The van der Waals surface area contributed by atoms with Gasteiger partial charge in [-0.2, -0.15) is 0 Å². The highest BCUT2D eigenvalue weighted by Crippen LogP contribution is 2.68. The molecule has 1 nitrogen and oxygen atoms in total. The number of hydrogen-bond acceptors (Lipinski definition) is 1. The molecule has 0 unspecified atom stereocenters. The predicted molar refractivity (Wildman–Crippen MR) is 166 cm³/mol. The van der Waals surface area contributed by atoms with E-state index in [0.717, 1.165) is 41.4 Å². The van der Waals surface area contributed by atoms with Crippen molar-refractivity contribution in [3.8, 4) is 0 Å². The molecule has 3 saturated carbocycles. The predicted octanol–water partition coefficient (Wildman–Crippen LogP) is 10.4. The third-order valence-electron chi connectivity index (χ3n) is 13.1. The van der Waals surface area contributed by atoms with Gasteiger partial charge in [0.2, 0.25) is 0 Å². The van der Waals surface area contributed by atoms with Gasteiger partial charge < -0.3 is 0 Å². The molecule has 0 N–H and O–H groups in total. The monoisotopic (exact) mass is 521 g/mol. The molecule has 0 amide bonds. The lowest BCUT2D eigenvalue weighted by Gasteiger charge is -2.60. The van der Waals surface area contributed by atoms with Crippen molar-refractivity contribution in [1.82, 2.24) is 4.98 Å². The molecule has 1 heterocycles. The quantitative estimate of drug-likeness (QED) is 0.304. The molecule has 0 aliphatic heterocycles. The molecule has 0 bridgehead atoms. The molecule has 2 aromatic carbocycles. The molecular formula is C38H51N. The van der Waals surface area contributed by atoms with Gasteiger partial charge >= 0.3 is 0 Å². The molecule has 1 heteroatoms. The molecule has 208 valence electrons. The maximum absolute atomic E-state index is 5.32. The van der Waals surface area contributed by atoms with Crippen LogP contribution >= 0.6 is 0 Å². The topological polar surface area (TPSA) is 12.9 Å². The molecule has 39 heavy (non-hydrogen) atoms. The second kappa shape index (κ2) is 9.60. The summed E-state index contributed by atoms with van der Waals surface area (Å²) in [6.45, 7) is 12.8. The van der Waals surface area contributed by atoms with Crippen LogP contribution in [0.15, 0.2) is 42.5 Å². The van der Waals surface area contributed by atoms with Crippen LogP contribution in [0.3, 0.4) is 0 Å². The summed E-state index contributed by atoms with van der Waals surface area (Å²) in [4.78, 5) is 5.32. The van der Waals surface area contributed by atoms with Gasteiger partial charge in [0.25, 0.3) is 0 Å². The summed E-state index contributed by atoms with van der Waals surface area (Å²) >= 11 is 0. The molecular weight excluding hydrogens is 470 g/mol. The number of benzene rings is 2. The van der Waals surface area contributed by atoms with Crippen LogP contribution in [-0.2, 0) is 12.8 Å². The fourth-order valence-corrected chi connectivity index (χ4v) is 11.1. The van der Waals surface area contributed by atoms with Crippen LogP contribution in [0.25, 0.3) is 21.7 Å². The first kappa shape index (κ1) is 26.0. The molecule has 1 aromatic heterocycles. The van der Waals surface area contributed by atoms with Crippen LogP contribution in [0.2, 0.25) is 0 Å². The summed E-state index contributed by atoms with van der Waals surface area (Å²) in [7, 11) is 0. The van der Waals surface area contributed by atoms with Crippen LogP contribution in [-0.4, -0.2) is 4.98 Å². The maximum atomic E-state index is 5.32. The van der Waals surface area contributed by atoms with E-state index in [1.807, 2.05) is 0 Å². The van der Waals surface area contributed by atoms with E-state index < -0.39 is 0 Å². The van der Waals surface area contributed by atoms with Crippen LogP contribution in [0, 0.1) is 52.3 Å². The van der Waals surface area contributed by atoms with Gasteiger partial charge in [-0.3, -0.25) is 4.98 Å². The highest BCUT2D eigenvalue weighted by Gasteiger charge is 2.60. The summed E-state index contributed by atoms with van der Waals surface area (Å²) in [5.74, 6) is 6.35. The Balaban J connectivity index is 1.14. The fourth-order valence-electron chi connectivity index (χ4n) is 11.1. The van der Waals surface area contributed by atoms with E-state index in [1.54, 1.807) is 5.56 Å². The third kappa shape index (κ3) is 4.19. The van der Waals surface area contributed by atoms with E-state index in [4.69, 9.17) is 4.98 Å². The normalized spacial score (nSPS) is 36.4. The molecule has 8 atom stereocenters. The van der Waals surface area contributed by atoms with Crippen LogP contribution in [0.5, 0.6) is 0 Å². The highest BCUT2D eigenvalue weighted by molar-refractivity contribution is 5.96. The molecule has 0 spiro atoms. The summed E-state index contributed by atoms with van der Waals surface area (Å²) in [5.41, 5.74) is 5.21. The van der Waals surface area contributed by atoms with Crippen molar-refractivity contribution in [2.45, 2.75) is 105 Å². The fraction of sp³-hybridized carbons (Fsp3) is 0.658. The third-order valence-corrected chi connectivity index (χ3v) is 13.1. The maximum Gasteiger partial charge on any atom is 0.0711 e. The highest BCUT2D eigenvalue weighted by atomic mass is 14.7. The summed E-state index contributed by atoms with van der Waals surface area (Å²) in [6, 6.07) is 16.0. The molecule has 3 aromatic rings. The van der Waals surface area contributed by atoms with Gasteiger partial charge in [-0.05, 0) is 138 Å². The standard InChI is InChI=1S/C38H51N/c1-24(2)9-8-10-25(3)32-15-16-33-31-14-13-30-22-36-29(23-38(30,5)34(31)17-18-37(32,33)4)20-28-19-26-11-6-7-12-27(26)21-35(28)39-36/h6-7,11-12,19-21,24-25,30-34H,8-10,13-18,22-23H2,1-5H3/t25-,30+,31+,32-,33+,34+,37-,38+/m1/s1. The first-order chi connectivity index (χ1) is 18.8. The van der Waals surface area contributed by atoms with Crippen molar-refractivity contribution in [3.63, 3.8) is 0 Å². The van der Waals surface area contributed by atoms with Crippen LogP contribution < -0.4 is 0 Å². The number of hydrogen-bond donors (Lipinski definition) is 0. The van der Waals surface area contributed by atoms with Crippen molar-refractivity contribution in [2.24, 2.45) is 52.3 Å². The Hall–Kier alpha value is -1.89. The molecule has 7 rings (SSSR count). The van der Waals surface area contributed by atoms with Crippen molar-refractivity contribution < 1.29 is 0 Å². The van der Waals surface area contributed by atoms with Gasteiger partial charge in [-0.15, -0.1) is 0 Å². The number of pyridine rings is 1. The Kier molecular flexibility index (Phi) is 6.41. The summed E-state index contributed by atoms with van der Waals surface area (Å²) < 4.78 is 0. The SMILES string of the molecule is CC(C)CCC[C@@H](C)[C@H]1CC[C@H]2[C@@H]3CC[C@H]4Cc5nc6cc7ccccc7cc6cc5C[C@]4(C)[C@H]3CC[C@]12C. The Morgan fingerprint density at radius 3 is 2.38 bits per heavy atom. The van der Waals surface area contributed by atoms with E-state index in [2.05, 4.69) is 77.1 Å². The van der Waals surface area contributed by atoms with Gasteiger partial charge in [0.1, 0.15) is 0 Å². The van der Waals surface area contributed by atoms with E-state index >= 15 is 0 Å². The van der Waals surface area contributed by atoms with Crippen molar-refractivity contribution >= 4 is 21.7 Å². The van der Waals surface area contributed by atoms with E-state index in [-0.39, 0.29) is 0 Å². The zero-order valence-electron chi connectivity index (χ0n) is 25.3. The molecule has 0 radical (unpaired) electrons. The molecule has 0 saturated heterocycles. The zero-order valence-corrected chi connectivity index (χ0v) is 25.3. The van der Waals surface area contributed by atoms with Gasteiger partial charge in [0.15, 0.2) is 0 Å². The second-order valence-corrected chi connectivity index (χ2v) is 15.6. The minimum Gasteiger partial charge on any atom is -0.253 e. The summed E-state index contributed by atoms with van der Waals surface area (Å²) in [5, 5.41) is 3.99. The van der Waals surface area contributed by atoms with E-state index in [1.165, 1.54) is 98.0 Å². The molecule has 4 aliphatic carbocycles. The second-order valence-electron chi connectivity index (χ2n) is 15.6. The van der Waals surface area contributed by atoms with Gasteiger partial charge in [-0.25, -0.2) is 0 Å². The average Bonchev–Trinajstić information content (AvgIpc) is 3.26. The lowest BCUT2D eigenvalue weighted by atomic mass is 9.44. The van der Waals surface area contributed by atoms with Gasteiger partial charge in [0.05, 0.1) is 5.52 Å². The first-order valence-corrected chi connectivity index (χ1v) is 16.6. The molecule has 3 fully saturated rings. The van der Waals surface area contributed by atoms with Crippen LogP contribution in [0.4, 0.5) is 0 Å².